The van der Waals surface area contributed by atoms with Gasteiger partial charge >= 0.3 is 0 Å². The standard InChI is InChI=1S/C24H30F2N4O/c1-2-27-24(28-13-11-20-9-6-10-21(25)23(20)26)29-16-19-15-22(31)30(17-19)14-12-18-7-4-3-5-8-18/h3-10,19H,2,11-17H2,1H3,(H2,27,28,29). The van der Waals surface area contributed by atoms with E-state index >= 15 is 0 Å². The van der Waals surface area contributed by atoms with Gasteiger partial charge in [-0.25, -0.2) is 8.78 Å². The molecule has 1 heterocycles. The predicted octanol–water partition coefficient (Wildman–Crippen LogP) is 3.15. The summed E-state index contributed by atoms with van der Waals surface area (Å²) in [5.41, 5.74) is 1.56. The van der Waals surface area contributed by atoms with Crippen molar-refractivity contribution in [3.05, 3.63) is 71.3 Å². The van der Waals surface area contributed by atoms with Gasteiger partial charge in [0.15, 0.2) is 17.6 Å². The fraction of sp³-hybridized carbons (Fsp3) is 0.417. The number of hydrogen-bond donors (Lipinski definition) is 2. The van der Waals surface area contributed by atoms with Crippen molar-refractivity contribution in [1.82, 2.24) is 15.5 Å². The maximum atomic E-state index is 13.8. The number of halogens is 2. The van der Waals surface area contributed by atoms with E-state index in [1.54, 1.807) is 6.07 Å². The molecule has 1 aliphatic heterocycles. The van der Waals surface area contributed by atoms with Crippen LogP contribution in [0.1, 0.15) is 24.5 Å². The number of rotatable bonds is 9. The summed E-state index contributed by atoms with van der Waals surface area (Å²) in [6, 6.07) is 14.4. The molecule has 1 atom stereocenters. The van der Waals surface area contributed by atoms with Crippen molar-refractivity contribution >= 4 is 11.9 Å². The molecule has 0 aliphatic carbocycles. The summed E-state index contributed by atoms with van der Waals surface area (Å²) in [7, 11) is 0. The number of hydrogen-bond acceptors (Lipinski definition) is 2. The largest absolute Gasteiger partial charge is 0.357 e. The first-order valence-corrected chi connectivity index (χ1v) is 10.8. The van der Waals surface area contributed by atoms with E-state index in [-0.39, 0.29) is 11.8 Å². The summed E-state index contributed by atoms with van der Waals surface area (Å²) in [5.74, 6) is -0.656. The maximum absolute atomic E-state index is 13.8. The van der Waals surface area contributed by atoms with E-state index in [0.717, 1.165) is 19.0 Å². The van der Waals surface area contributed by atoms with E-state index < -0.39 is 11.6 Å². The number of nitrogens with zero attached hydrogens (tertiary/aromatic N) is 2. The van der Waals surface area contributed by atoms with Crippen LogP contribution < -0.4 is 10.6 Å². The molecule has 0 radical (unpaired) electrons. The van der Waals surface area contributed by atoms with Gasteiger partial charge in [-0.3, -0.25) is 9.79 Å². The number of likely N-dealkylation sites (tertiary alicyclic amines) is 1. The Morgan fingerprint density at radius 2 is 1.90 bits per heavy atom. The lowest BCUT2D eigenvalue weighted by molar-refractivity contribution is -0.127. The molecule has 2 aromatic carbocycles. The molecule has 0 bridgehead atoms. The quantitative estimate of drug-likeness (QED) is 0.477. The molecule has 1 saturated heterocycles. The summed E-state index contributed by atoms with van der Waals surface area (Å²) in [6.07, 6.45) is 1.71. The number of amides is 1. The Labute approximate surface area is 182 Å². The first-order valence-electron chi connectivity index (χ1n) is 10.8. The lowest BCUT2D eigenvalue weighted by Gasteiger charge is -2.16. The highest BCUT2D eigenvalue weighted by molar-refractivity contribution is 5.80. The van der Waals surface area contributed by atoms with Crippen molar-refractivity contribution in [3.8, 4) is 0 Å². The van der Waals surface area contributed by atoms with E-state index in [9.17, 15) is 13.6 Å². The van der Waals surface area contributed by atoms with Gasteiger partial charge in [0.2, 0.25) is 5.91 Å². The van der Waals surface area contributed by atoms with Crippen molar-refractivity contribution in [2.75, 3.05) is 32.7 Å². The van der Waals surface area contributed by atoms with Gasteiger partial charge in [0.05, 0.1) is 0 Å². The van der Waals surface area contributed by atoms with Crippen LogP contribution in [0.15, 0.2) is 53.5 Å². The highest BCUT2D eigenvalue weighted by atomic mass is 19.2. The normalized spacial score (nSPS) is 16.6. The SMILES string of the molecule is CCNC(=NCC1CC(=O)N(CCc2ccccc2)C1)NCCc1cccc(F)c1F. The average molecular weight is 429 g/mol. The molecule has 2 aromatic rings. The molecule has 2 N–H and O–H groups in total. The fourth-order valence-corrected chi connectivity index (χ4v) is 3.72. The molecule has 0 aromatic heterocycles. The van der Waals surface area contributed by atoms with E-state index in [2.05, 4.69) is 27.8 Å². The van der Waals surface area contributed by atoms with Crippen molar-refractivity contribution in [2.24, 2.45) is 10.9 Å². The average Bonchev–Trinajstić information content (AvgIpc) is 3.13. The zero-order valence-electron chi connectivity index (χ0n) is 17.9. The topological polar surface area (TPSA) is 56.7 Å². The second-order valence-electron chi connectivity index (χ2n) is 7.75. The lowest BCUT2D eigenvalue weighted by Crippen LogP contribution is -2.38. The molecular weight excluding hydrogens is 398 g/mol. The third-order valence-corrected chi connectivity index (χ3v) is 5.38. The van der Waals surface area contributed by atoms with E-state index in [1.165, 1.54) is 11.6 Å². The zero-order valence-corrected chi connectivity index (χ0v) is 17.9. The van der Waals surface area contributed by atoms with Gasteiger partial charge in [0.25, 0.3) is 0 Å². The van der Waals surface area contributed by atoms with Crippen molar-refractivity contribution in [2.45, 2.75) is 26.2 Å². The smallest absolute Gasteiger partial charge is 0.223 e. The van der Waals surface area contributed by atoms with Crippen LogP contribution >= 0.6 is 0 Å². The van der Waals surface area contributed by atoms with Crippen molar-refractivity contribution in [3.63, 3.8) is 0 Å². The van der Waals surface area contributed by atoms with Crippen LogP contribution in [0.5, 0.6) is 0 Å². The number of carbonyl (C=O) groups excluding carboxylic acids is 1. The van der Waals surface area contributed by atoms with Gasteiger partial charge in [0.1, 0.15) is 0 Å². The zero-order chi connectivity index (χ0) is 22.1. The molecule has 166 valence electrons. The number of nitrogens with one attached hydrogen (secondary N) is 2. The highest BCUT2D eigenvalue weighted by Gasteiger charge is 2.29. The summed E-state index contributed by atoms with van der Waals surface area (Å²) in [4.78, 5) is 18.9. The third-order valence-electron chi connectivity index (χ3n) is 5.38. The van der Waals surface area contributed by atoms with Gasteiger partial charge in [-0.05, 0) is 37.0 Å². The Morgan fingerprint density at radius 3 is 2.68 bits per heavy atom. The van der Waals surface area contributed by atoms with E-state index in [4.69, 9.17) is 0 Å². The molecular formula is C24H30F2N4O. The van der Waals surface area contributed by atoms with Gasteiger partial charge < -0.3 is 15.5 Å². The minimum absolute atomic E-state index is 0.177. The molecule has 1 unspecified atom stereocenters. The monoisotopic (exact) mass is 428 g/mol. The molecule has 0 saturated carbocycles. The second-order valence-corrected chi connectivity index (χ2v) is 7.75. The highest BCUT2D eigenvalue weighted by Crippen LogP contribution is 2.18. The number of aliphatic imine (C=N–C) groups is 1. The van der Waals surface area contributed by atoms with Gasteiger partial charge in [-0.2, -0.15) is 0 Å². The Kier molecular flexibility index (Phi) is 8.38. The predicted molar refractivity (Wildman–Crippen MR) is 119 cm³/mol. The molecule has 1 amide bonds. The lowest BCUT2D eigenvalue weighted by atomic mass is 10.1. The van der Waals surface area contributed by atoms with Crippen LogP contribution in [0.3, 0.4) is 0 Å². The number of carbonyl (C=O) groups is 1. The summed E-state index contributed by atoms with van der Waals surface area (Å²) in [5, 5.41) is 6.32. The van der Waals surface area contributed by atoms with E-state index in [1.807, 2.05) is 30.0 Å². The Bertz CT molecular complexity index is 888. The molecule has 1 fully saturated rings. The molecule has 31 heavy (non-hydrogen) atoms. The number of guanidine groups is 1. The first kappa shape index (κ1) is 22.7. The summed E-state index contributed by atoms with van der Waals surface area (Å²) in [6.45, 7) is 5.06. The maximum Gasteiger partial charge on any atom is 0.223 e. The minimum Gasteiger partial charge on any atom is -0.357 e. The second kappa shape index (κ2) is 11.4. The molecule has 5 nitrogen and oxygen atoms in total. The van der Waals surface area contributed by atoms with Crippen LogP contribution in [0.2, 0.25) is 0 Å². The minimum atomic E-state index is -0.833. The van der Waals surface area contributed by atoms with Crippen LogP contribution in [-0.2, 0) is 17.6 Å². The summed E-state index contributed by atoms with van der Waals surface area (Å²) >= 11 is 0. The van der Waals surface area contributed by atoms with Crippen LogP contribution in [0.4, 0.5) is 8.78 Å². The van der Waals surface area contributed by atoms with Gasteiger partial charge in [0, 0.05) is 45.1 Å². The van der Waals surface area contributed by atoms with Crippen molar-refractivity contribution < 1.29 is 13.6 Å². The van der Waals surface area contributed by atoms with E-state index in [0.29, 0.717) is 50.5 Å². The third kappa shape index (κ3) is 6.77. The Hall–Kier alpha value is -2.96. The number of benzene rings is 2. The molecule has 0 spiro atoms. The van der Waals surface area contributed by atoms with Gasteiger partial charge in [-0.15, -0.1) is 0 Å². The van der Waals surface area contributed by atoms with Crippen LogP contribution in [0.25, 0.3) is 0 Å². The van der Waals surface area contributed by atoms with Crippen LogP contribution in [-0.4, -0.2) is 49.5 Å². The Morgan fingerprint density at radius 1 is 1.10 bits per heavy atom. The molecule has 3 rings (SSSR count). The fourth-order valence-electron chi connectivity index (χ4n) is 3.72. The first-order chi connectivity index (χ1) is 15.1. The Balaban J connectivity index is 1.47. The molecule has 7 heteroatoms. The van der Waals surface area contributed by atoms with Gasteiger partial charge in [-0.1, -0.05) is 42.5 Å². The molecule has 1 aliphatic rings. The van der Waals surface area contributed by atoms with Crippen molar-refractivity contribution in [1.29, 1.82) is 0 Å². The summed E-state index contributed by atoms with van der Waals surface area (Å²) < 4.78 is 27.1. The van der Waals surface area contributed by atoms with Crippen LogP contribution in [0, 0.1) is 17.6 Å².